The first-order valence-electron chi connectivity index (χ1n) is 11.5. The first kappa shape index (κ1) is 23.9. The molecule has 2 fully saturated rings. The zero-order valence-electron chi connectivity index (χ0n) is 19.5. The van der Waals surface area contributed by atoms with Gasteiger partial charge in [0.05, 0.1) is 17.7 Å². The molecule has 4 rings (SSSR count). The number of hydrogen-bond donors (Lipinski definition) is 0. The monoisotopic (exact) mass is 479 g/mol. The first-order valence-corrected chi connectivity index (χ1v) is 12.3. The number of carbonyl (C=O) groups is 2. The van der Waals surface area contributed by atoms with Crippen LogP contribution in [0.2, 0.25) is 0 Å². The van der Waals surface area contributed by atoms with E-state index in [-0.39, 0.29) is 12.5 Å². The van der Waals surface area contributed by atoms with Crippen molar-refractivity contribution in [2.24, 2.45) is 4.99 Å². The lowest BCUT2D eigenvalue weighted by molar-refractivity contribution is -0.142. The van der Waals surface area contributed by atoms with Crippen molar-refractivity contribution in [1.82, 2.24) is 4.90 Å². The number of amides is 1. The van der Waals surface area contributed by atoms with Gasteiger partial charge in [-0.05, 0) is 86.0 Å². The second-order valence-corrected chi connectivity index (χ2v) is 9.06. The predicted octanol–water partition coefficient (Wildman–Crippen LogP) is 4.85. The van der Waals surface area contributed by atoms with Gasteiger partial charge >= 0.3 is 5.97 Å². The van der Waals surface area contributed by atoms with Gasteiger partial charge in [-0.25, -0.2) is 9.79 Å². The lowest BCUT2D eigenvalue weighted by Gasteiger charge is -2.28. The molecule has 2 saturated heterocycles. The van der Waals surface area contributed by atoms with E-state index in [4.69, 9.17) is 9.73 Å². The van der Waals surface area contributed by atoms with Crippen LogP contribution in [-0.2, 0) is 14.3 Å². The molecule has 0 aromatic heterocycles. The number of nitrogens with zero attached hydrogens (tertiary/aromatic N) is 3. The highest BCUT2D eigenvalue weighted by molar-refractivity contribution is 8.18. The summed E-state index contributed by atoms with van der Waals surface area (Å²) >= 11 is 1.38. The van der Waals surface area contributed by atoms with Crippen molar-refractivity contribution < 1.29 is 19.1 Å². The van der Waals surface area contributed by atoms with E-state index >= 15 is 0 Å². The Bertz CT molecular complexity index is 1070. The Morgan fingerprint density at radius 3 is 2.41 bits per heavy atom. The summed E-state index contributed by atoms with van der Waals surface area (Å²) < 4.78 is 9.94. The Labute approximate surface area is 204 Å². The Kier molecular flexibility index (Phi) is 7.90. The molecule has 0 atom stereocenters. The molecule has 2 heterocycles. The molecule has 0 bridgehead atoms. The maximum Gasteiger partial charge on any atom is 0.343 e. The minimum absolute atomic E-state index is 0.0535. The number of piperidine rings is 1. The molecule has 0 spiro atoms. The molecule has 8 heteroatoms. The second-order valence-electron chi connectivity index (χ2n) is 8.05. The van der Waals surface area contributed by atoms with Crippen LogP contribution in [0.15, 0.2) is 58.4 Å². The average molecular weight is 480 g/mol. The molecule has 2 aromatic rings. The Balaban J connectivity index is 1.46. The quantitative estimate of drug-likeness (QED) is 0.418. The highest BCUT2D eigenvalue weighted by atomic mass is 32.2. The van der Waals surface area contributed by atoms with E-state index in [0.717, 1.165) is 24.3 Å². The normalized spacial score (nSPS) is 18.6. The Morgan fingerprint density at radius 2 is 1.76 bits per heavy atom. The summed E-state index contributed by atoms with van der Waals surface area (Å²) in [5, 5.41) is 0.683. The van der Waals surface area contributed by atoms with Crippen LogP contribution in [0, 0.1) is 0 Å². The van der Waals surface area contributed by atoms with Gasteiger partial charge in [0.25, 0.3) is 5.91 Å². The number of esters is 1. The number of amidine groups is 1. The van der Waals surface area contributed by atoms with Crippen molar-refractivity contribution in [3.63, 3.8) is 0 Å². The average Bonchev–Trinajstić information content (AvgIpc) is 3.17. The second kappa shape index (κ2) is 11.2. The fourth-order valence-electron chi connectivity index (χ4n) is 3.88. The first-order chi connectivity index (χ1) is 16.6. The summed E-state index contributed by atoms with van der Waals surface area (Å²) in [4.78, 5) is 33.7. The number of carbonyl (C=O) groups excluding carboxylic acids is 2. The standard InChI is InChI=1S/C26H29N3O4S/c1-3-29-25(31)23(17-19-7-13-22(14-8-19)33-18-24(30)32-2)34-26(29)27-20-9-11-21(12-10-20)28-15-5-4-6-16-28/h7-14,17H,3-6,15-16,18H2,1-2H3/b23-17-,27-26?. The summed E-state index contributed by atoms with van der Waals surface area (Å²) in [5.74, 6) is 0.0670. The molecule has 1 amide bonds. The summed E-state index contributed by atoms with van der Waals surface area (Å²) in [6, 6.07) is 15.5. The zero-order chi connectivity index (χ0) is 23.9. The van der Waals surface area contributed by atoms with Crippen LogP contribution in [0.25, 0.3) is 6.08 Å². The van der Waals surface area contributed by atoms with Gasteiger partial charge < -0.3 is 14.4 Å². The molecule has 0 N–H and O–H groups in total. The fraction of sp³-hybridized carbons (Fsp3) is 0.346. The van der Waals surface area contributed by atoms with E-state index in [1.807, 2.05) is 37.3 Å². The predicted molar refractivity (Wildman–Crippen MR) is 137 cm³/mol. The van der Waals surface area contributed by atoms with E-state index in [9.17, 15) is 9.59 Å². The molecule has 0 aliphatic carbocycles. The van der Waals surface area contributed by atoms with Gasteiger partial charge in [0, 0.05) is 25.3 Å². The third kappa shape index (κ3) is 5.80. The molecule has 2 aliphatic rings. The van der Waals surface area contributed by atoms with Gasteiger partial charge in [-0.1, -0.05) is 12.1 Å². The van der Waals surface area contributed by atoms with E-state index < -0.39 is 5.97 Å². The molecular formula is C26H29N3O4S. The van der Waals surface area contributed by atoms with Crippen molar-refractivity contribution in [1.29, 1.82) is 0 Å². The summed E-state index contributed by atoms with van der Waals surface area (Å²) in [6.45, 7) is 4.57. The van der Waals surface area contributed by atoms with Gasteiger partial charge in [0.15, 0.2) is 11.8 Å². The van der Waals surface area contributed by atoms with Crippen LogP contribution in [0.5, 0.6) is 5.75 Å². The number of anilines is 1. The van der Waals surface area contributed by atoms with Crippen molar-refractivity contribution in [3.05, 3.63) is 59.0 Å². The van der Waals surface area contributed by atoms with E-state index in [1.165, 1.54) is 43.8 Å². The number of aliphatic imine (C=N–C) groups is 1. The van der Waals surface area contributed by atoms with E-state index in [0.29, 0.717) is 22.4 Å². The van der Waals surface area contributed by atoms with Gasteiger partial charge in [0.1, 0.15) is 5.75 Å². The van der Waals surface area contributed by atoms with Gasteiger partial charge in [-0.15, -0.1) is 0 Å². The van der Waals surface area contributed by atoms with Gasteiger partial charge in [-0.3, -0.25) is 9.69 Å². The fourth-order valence-corrected chi connectivity index (χ4v) is 4.95. The molecule has 0 unspecified atom stereocenters. The molecule has 34 heavy (non-hydrogen) atoms. The smallest absolute Gasteiger partial charge is 0.343 e. The Hall–Kier alpha value is -3.26. The zero-order valence-corrected chi connectivity index (χ0v) is 20.3. The maximum atomic E-state index is 13.0. The van der Waals surface area contributed by atoms with E-state index in [1.54, 1.807) is 17.0 Å². The molecule has 178 valence electrons. The number of ether oxygens (including phenoxy) is 2. The highest BCUT2D eigenvalue weighted by Gasteiger charge is 2.32. The number of likely N-dealkylation sites (N-methyl/N-ethyl adjacent to an activating group) is 1. The van der Waals surface area contributed by atoms with Crippen LogP contribution in [0.1, 0.15) is 31.7 Å². The molecular weight excluding hydrogens is 450 g/mol. The third-order valence-corrected chi connectivity index (χ3v) is 6.77. The number of rotatable bonds is 7. The molecule has 2 aromatic carbocycles. The van der Waals surface area contributed by atoms with Crippen LogP contribution >= 0.6 is 11.8 Å². The largest absolute Gasteiger partial charge is 0.482 e. The van der Waals surface area contributed by atoms with Crippen molar-refractivity contribution >= 4 is 46.3 Å². The van der Waals surface area contributed by atoms with Crippen molar-refractivity contribution in [2.75, 3.05) is 38.3 Å². The van der Waals surface area contributed by atoms with Gasteiger partial charge in [0.2, 0.25) is 0 Å². The number of hydrogen-bond acceptors (Lipinski definition) is 7. The topological polar surface area (TPSA) is 71.4 Å². The lowest BCUT2D eigenvalue weighted by Crippen LogP contribution is -2.29. The van der Waals surface area contributed by atoms with Crippen LogP contribution in [0.3, 0.4) is 0 Å². The molecule has 0 saturated carbocycles. The minimum atomic E-state index is -0.438. The summed E-state index contributed by atoms with van der Waals surface area (Å²) in [5.41, 5.74) is 2.93. The number of benzene rings is 2. The van der Waals surface area contributed by atoms with E-state index in [2.05, 4.69) is 21.8 Å². The van der Waals surface area contributed by atoms with Crippen LogP contribution < -0.4 is 9.64 Å². The SMILES string of the molecule is CCN1C(=O)/C(=C/c2ccc(OCC(=O)OC)cc2)SC1=Nc1ccc(N2CCCCC2)cc1. The molecule has 7 nitrogen and oxygen atoms in total. The number of thioether (sulfide) groups is 1. The highest BCUT2D eigenvalue weighted by Crippen LogP contribution is 2.34. The third-order valence-electron chi connectivity index (χ3n) is 5.76. The molecule has 0 radical (unpaired) electrons. The summed E-state index contributed by atoms with van der Waals surface area (Å²) in [6.07, 6.45) is 5.64. The summed E-state index contributed by atoms with van der Waals surface area (Å²) in [7, 11) is 1.32. The molecule has 2 aliphatic heterocycles. The lowest BCUT2D eigenvalue weighted by atomic mass is 10.1. The maximum absolute atomic E-state index is 13.0. The minimum Gasteiger partial charge on any atom is -0.482 e. The van der Waals surface area contributed by atoms with Crippen molar-refractivity contribution in [3.8, 4) is 5.75 Å². The van der Waals surface area contributed by atoms with Crippen LogP contribution in [0.4, 0.5) is 11.4 Å². The number of methoxy groups -OCH3 is 1. The van der Waals surface area contributed by atoms with Gasteiger partial charge in [-0.2, -0.15) is 0 Å². The van der Waals surface area contributed by atoms with Crippen LogP contribution in [-0.4, -0.2) is 55.3 Å². The Morgan fingerprint density at radius 1 is 1.06 bits per heavy atom. The van der Waals surface area contributed by atoms with Crippen molar-refractivity contribution in [2.45, 2.75) is 26.2 Å².